The van der Waals surface area contributed by atoms with Crippen molar-refractivity contribution < 1.29 is 24.6 Å². The Hall–Kier alpha value is -2.38. The monoisotopic (exact) mass is 479 g/mol. The maximum atomic E-state index is 11.4. The molecule has 32 heavy (non-hydrogen) atoms. The van der Waals surface area contributed by atoms with Crippen LogP contribution in [0.3, 0.4) is 0 Å². The molecule has 174 valence electrons. The zero-order valence-corrected chi connectivity index (χ0v) is 20.3. The number of hydrogen-bond donors (Lipinski definition) is 2. The highest BCUT2D eigenvalue weighted by molar-refractivity contribution is 7.99. The van der Waals surface area contributed by atoms with Gasteiger partial charge in [0, 0.05) is 21.8 Å². The van der Waals surface area contributed by atoms with E-state index in [2.05, 4.69) is 9.89 Å². The maximum Gasteiger partial charge on any atom is 0.309 e. The van der Waals surface area contributed by atoms with E-state index < -0.39 is 0 Å². The average molecular weight is 480 g/mol. The first-order chi connectivity index (χ1) is 15.4. The number of benzene rings is 2. The summed E-state index contributed by atoms with van der Waals surface area (Å²) in [5.41, 5.74) is 2.53. The van der Waals surface area contributed by atoms with Crippen LogP contribution in [0.2, 0.25) is 5.02 Å². The van der Waals surface area contributed by atoms with E-state index in [1.165, 1.54) is 7.11 Å². The Kier molecular flexibility index (Phi) is 10.7. The van der Waals surface area contributed by atoms with Crippen molar-refractivity contribution in [1.29, 1.82) is 0 Å². The lowest BCUT2D eigenvalue weighted by Gasteiger charge is -2.16. The lowest BCUT2D eigenvalue weighted by Crippen LogP contribution is -2.06. The molecule has 8 heteroatoms. The van der Waals surface area contributed by atoms with Gasteiger partial charge in [0.1, 0.15) is 11.5 Å². The van der Waals surface area contributed by atoms with Gasteiger partial charge in [-0.2, -0.15) is 0 Å². The van der Waals surface area contributed by atoms with Crippen molar-refractivity contribution in [3.63, 3.8) is 0 Å². The number of esters is 1. The zero-order chi connectivity index (χ0) is 23.5. The minimum atomic E-state index is -0.297. The van der Waals surface area contributed by atoms with E-state index in [0.29, 0.717) is 41.5 Å². The highest BCUT2D eigenvalue weighted by Gasteiger charge is 2.16. The largest absolute Gasteiger partial charge is 0.507 e. The van der Waals surface area contributed by atoms with Gasteiger partial charge >= 0.3 is 5.97 Å². The molecule has 2 rings (SSSR count). The van der Waals surface area contributed by atoms with E-state index in [1.54, 1.807) is 23.9 Å². The first-order valence-corrected chi connectivity index (χ1v) is 12.0. The molecule has 0 aromatic heterocycles. The number of phenols is 1. The third kappa shape index (κ3) is 7.07. The molecule has 0 spiro atoms. The van der Waals surface area contributed by atoms with E-state index in [9.17, 15) is 15.1 Å². The van der Waals surface area contributed by atoms with Crippen molar-refractivity contribution in [2.24, 2.45) is 5.16 Å². The number of thioether (sulfide) groups is 1. The molecule has 6 nitrogen and oxygen atoms in total. The minimum Gasteiger partial charge on any atom is -0.507 e. The molecule has 0 saturated carbocycles. The summed E-state index contributed by atoms with van der Waals surface area (Å²) in [6.07, 6.45) is 3.02. The van der Waals surface area contributed by atoms with Gasteiger partial charge in [0.05, 0.1) is 30.9 Å². The number of oxime groups is 1. The van der Waals surface area contributed by atoms with Crippen molar-refractivity contribution in [3.05, 3.63) is 52.0 Å². The standard InChI is InChI=1S/C24H30ClNO5S/c1-4-7-18-21(10-9-17(24(18)28)20(5-2)26-29)31-12-6-13-32-22-11-8-16(14-19(22)25)15-23(27)30-3/h8-11,14,28-29H,4-7,12-13,15H2,1-3H3/b26-20+. The number of ether oxygens (including phenoxy) is 2. The van der Waals surface area contributed by atoms with Gasteiger partial charge in [0.2, 0.25) is 0 Å². The van der Waals surface area contributed by atoms with Crippen LogP contribution in [0.15, 0.2) is 40.4 Å². The molecular formula is C24H30ClNO5S. The van der Waals surface area contributed by atoms with Gasteiger partial charge in [-0.15, -0.1) is 11.8 Å². The van der Waals surface area contributed by atoms with Crippen LogP contribution in [0.25, 0.3) is 0 Å². The van der Waals surface area contributed by atoms with E-state index in [-0.39, 0.29) is 18.1 Å². The number of carbonyl (C=O) groups excluding carboxylic acids is 1. The predicted octanol–water partition coefficient (Wildman–Crippen LogP) is 5.86. The molecule has 0 atom stereocenters. The molecule has 0 aliphatic heterocycles. The molecule has 0 saturated heterocycles. The van der Waals surface area contributed by atoms with Crippen LogP contribution in [0.4, 0.5) is 0 Å². The van der Waals surface area contributed by atoms with Crippen molar-refractivity contribution >= 4 is 35.0 Å². The number of carbonyl (C=O) groups is 1. The summed E-state index contributed by atoms with van der Waals surface area (Å²) in [7, 11) is 1.36. The van der Waals surface area contributed by atoms with Crippen molar-refractivity contribution in [3.8, 4) is 11.5 Å². The summed E-state index contributed by atoms with van der Waals surface area (Å²) >= 11 is 7.97. The third-order valence-electron chi connectivity index (χ3n) is 4.88. The van der Waals surface area contributed by atoms with Crippen LogP contribution in [-0.4, -0.2) is 41.5 Å². The first-order valence-electron chi connectivity index (χ1n) is 10.6. The summed E-state index contributed by atoms with van der Waals surface area (Å²) in [6.45, 7) is 4.40. The SMILES string of the molecule is CCCc1c(OCCCSc2ccc(CC(=O)OC)cc2Cl)ccc(/C(CC)=N/O)c1O. The van der Waals surface area contributed by atoms with Crippen LogP contribution in [0, 0.1) is 0 Å². The quantitative estimate of drug-likeness (QED) is 0.0989. The van der Waals surface area contributed by atoms with Crippen LogP contribution >= 0.6 is 23.4 Å². The number of rotatable bonds is 12. The Morgan fingerprint density at radius 2 is 2.00 bits per heavy atom. The number of halogens is 1. The second-order valence-electron chi connectivity index (χ2n) is 7.16. The first kappa shape index (κ1) is 25.9. The average Bonchev–Trinajstić information content (AvgIpc) is 2.78. The molecule has 0 bridgehead atoms. The molecule has 0 aliphatic carbocycles. The van der Waals surface area contributed by atoms with E-state index in [4.69, 9.17) is 16.3 Å². The van der Waals surface area contributed by atoms with Crippen LogP contribution in [-0.2, 0) is 22.4 Å². The molecule has 0 heterocycles. The Balaban J connectivity index is 1.94. The van der Waals surface area contributed by atoms with Gasteiger partial charge in [-0.05, 0) is 49.1 Å². The molecule has 2 N–H and O–H groups in total. The molecular weight excluding hydrogens is 450 g/mol. The molecule has 0 radical (unpaired) electrons. The summed E-state index contributed by atoms with van der Waals surface area (Å²) in [4.78, 5) is 12.3. The molecule has 0 unspecified atom stereocenters. The molecule has 0 fully saturated rings. The van der Waals surface area contributed by atoms with Crippen molar-refractivity contribution in [1.82, 2.24) is 0 Å². The Morgan fingerprint density at radius 3 is 2.62 bits per heavy atom. The highest BCUT2D eigenvalue weighted by atomic mass is 35.5. The fourth-order valence-corrected chi connectivity index (χ4v) is 4.44. The maximum absolute atomic E-state index is 11.4. The van der Waals surface area contributed by atoms with Crippen molar-refractivity contribution in [2.45, 2.75) is 50.8 Å². The lowest BCUT2D eigenvalue weighted by atomic mass is 9.99. The van der Waals surface area contributed by atoms with E-state index in [1.807, 2.05) is 32.0 Å². The molecule has 2 aromatic rings. The topological polar surface area (TPSA) is 88.4 Å². The lowest BCUT2D eigenvalue weighted by molar-refractivity contribution is -0.139. The Morgan fingerprint density at radius 1 is 1.22 bits per heavy atom. The smallest absolute Gasteiger partial charge is 0.309 e. The summed E-state index contributed by atoms with van der Waals surface area (Å²) in [6, 6.07) is 9.14. The summed E-state index contributed by atoms with van der Waals surface area (Å²) < 4.78 is 10.6. The van der Waals surface area contributed by atoms with E-state index >= 15 is 0 Å². The fourth-order valence-electron chi connectivity index (χ4n) is 3.23. The number of hydrogen-bond acceptors (Lipinski definition) is 7. The molecule has 0 aliphatic rings. The third-order valence-corrected chi connectivity index (χ3v) is 6.47. The van der Waals surface area contributed by atoms with Gasteiger partial charge in [-0.3, -0.25) is 4.79 Å². The second-order valence-corrected chi connectivity index (χ2v) is 8.70. The van der Waals surface area contributed by atoms with Gasteiger partial charge in [0.25, 0.3) is 0 Å². The Bertz CT molecular complexity index is 948. The number of methoxy groups -OCH3 is 1. The van der Waals surface area contributed by atoms with Crippen LogP contribution < -0.4 is 4.74 Å². The minimum absolute atomic E-state index is 0.118. The molecule has 0 amide bonds. The summed E-state index contributed by atoms with van der Waals surface area (Å²) in [5.74, 6) is 1.28. The van der Waals surface area contributed by atoms with Gasteiger partial charge in [-0.1, -0.05) is 43.1 Å². The van der Waals surface area contributed by atoms with Crippen LogP contribution in [0.5, 0.6) is 11.5 Å². The molecule has 2 aromatic carbocycles. The predicted molar refractivity (Wildman–Crippen MR) is 129 cm³/mol. The van der Waals surface area contributed by atoms with Crippen molar-refractivity contribution in [2.75, 3.05) is 19.5 Å². The number of phenolic OH excluding ortho intramolecular Hbond substituents is 1. The van der Waals surface area contributed by atoms with Crippen LogP contribution in [0.1, 0.15) is 49.8 Å². The highest BCUT2D eigenvalue weighted by Crippen LogP contribution is 2.34. The van der Waals surface area contributed by atoms with E-state index in [0.717, 1.165) is 34.6 Å². The fraction of sp³-hybridized carbons (Fsp3) is 0.417. The van der Waals surface area contributed by atoms with Gasteiger partial charge in [0.15, 0.2) is 0 Å². The normalized spacial score (nSPS) is 11.4. The summed E-state index contributed by atoms with van der Waals surface area (Å²) in [5, 5.41) is 23.8. The van der Waals surface area contributed by atoms with Gasteiger partial charge < -0.3 is 19.8 Å². The Labute approximate surface area is 198 Å². The second kappa shape index (κ2) is 13.2. The number of aromatic hydroxyl groups is 1. The van der Waals surface area contributed by atoms with Gasteiger partial charge in [-0.25, -0.2) is 0 Å². The zero-order valence-electron chi connectivity index (χ0n) is 18.7. The number of nitrogens with zero attached hydrogens (tertiary/aromatic N) is 1.